The third-order valence-corrected chi connectivity index (χ3v) is 2.62. The Balaban J connectivity index is 2.56. The summed E-state index contributed by atoms with van der Waals surface area (Å²) in [6.07, 6.45) is 1.89. The van der Waals surface area contributed by atoms with Gasteiger partial charge in [0.25, 0.3) is 5.91 Å². The van der Waals surface area contributed by atoms with E-state index in [1.807, 2.05) is 20.0 Å². The smallest absolute Gasteiger partial charge is 0.274 e. The highest BCUT2D eigenvalue weighted by Gasteiger charge is 2.14. The molecule has 0 unspecified atom stereocenters. The first-order chi connectivity index (χ1) is 7.54. The number of aromatic amines is 1. The van der Waals surface area contributed by atoms with E-state index in [2.05, 4.69) is 24.0 Å². The van der Waals surface area contributed by atoms with E-state index in [1.54, 1.807) is 4.90 Å². The zero-order valence-electron chi connectivity index (χ0n) is 10.6. The molecule has 1 N–H and O–H groups in total. The molecule has 1 aromatic rings. The fraction of sp³-hybridized carbons (Fsp3) is 0.667. The molecule has 0 aliphatic carbocycles. The predicted octanol–water partition coefficient (Wildman–Crippen LogP) is 2.09. The standard InChI is InChI=1S/C12H21N3O/c1-5-10-8-11(14-13-10)12(16)15(4)7-6-9(2)3/h8-9H,5-7H2,1-4H3,(H,13,14). The van der Waals surface area contributed by atoms with E-state index in [4.69, 9.17) is 0 Å². The summed E-state index contributed by atoms with van der Waals surface area (Å²) < 4.78 is 0. The van der Waals surface area contributed by atoms with Crippen LogP contribution in [0.3, 0.4) is 0 Å². The maximum absolute atomic E-state index is 11.9. The van der Waals surface area contributed by atoms with Gasteiger partial charge < -0.3 is 4.90 Å². The third-order valence-electron chi connectivity index (χ3n) is 2.62. The summed E-state index contributed by atoms with van der Waals surface area (Å²) in [7, 11) is 1.82. The Kier molecular flexibility index (Phi) is 4.52. The minimum atomic E-state index is -0.00315. The van der Waals surface area contributed by atoms with E-state index in [0.717, 1.165) is 25.1 Å². The van der Waals surface area contributed by atoms with Gasteiger partial charge in [0.1, 0.15) is 5.69 Å². The second-order valence-corrected chi connectivity index (χ2v) is 4.54. The number of aryl methyl sites for hydroxylation is 1. The molecule has 4 heteroatoms. The number of nitrogens with zero attached hydrogens (tertiary/aromatic N) is 2. The van der Waals surface area contributed by atoms with E-state index in [9.17, 15) is 4.79 Å². The molecule has 0 aromatic carbocycles. The average molecular weight is 223 g/mol. The van der Waals surface area contributed by atoms with Crippen molar-refractivity contribution in [2.45, 2.75) is 33.6 Å². The molecule has 0 radical (unpaired) electrons. The highest BCUT2D eigenvalue weighted by molar-refractivity contribution is 5.92. The third kappa shape index (κ3) is 3.36. The number of rotatable bonds is 5. The number of hydrogen-bond acceptors (Lipinski definition) is 2. The van der Waals surface area contributed by atoms with E-state index in [0.29, 0.717) is 11.6 Å². The number of carbonyl (C=O) groups excluding carboxylic acids is 1. The van der Waals surface area contributed by atoms with Crippen molar-refractivity contribution in [2.24, 2.45) is 5.92 Å². The average Bonchev–Trinajstić information content (AvgIpc) is 2.73. The molecule has 0 saturated carbocycles. The minimum absolute atomic E-state index is 0.00315. The molecule has 0 aliphatic rings. The van der Waals surface area contributed by atoms with Gasteiger partial charge in [0.15, 0.2) is 0 Å². The van der Waals surface area contributed by atoms with Crippen LogP contribution < -0.4 is 0 Å². The van der Waals surface area contributed by atoms with Crippen LogP contribution in [0.1, 0.15) is 43.4 Å². The largest absolute Gasteiger partial charge is 0.340 e. The van der Waals surface area contributed by atoms with Crippen LogP contribution in [0.4, 0.5) is 0 Å². The van der Waals surface area contributed by atoms with Crippen LogP contribution >= 0.6 is 0 Å². The van der Waals surface area contributed by atoms with Gasteiger partial charge in [-0.25, -0.2) is 0 Å². The van der Waals surface area contributed by atoms with Crippen LogP contribution in [-0.4, -0.2) is 34.6 Å². The lowest BCUT2D eigenvalue weighted by molar-refractivity contribution is 0.0783. The van der Waals surface area contributed by atoms with Gasteiger partial charge in [0, 0.05) is 19.3 Å². The molecular formula is C12H21N3O. The maximum Gasteiger partial charge on any atom is 0.274 e. The summed E-state index contributed by atoms with van der Waals surface area (Å²) in [6, 6.07) is 1.83. The van der Waals surface area contributed by atoms with Crippen LogP contribution in [0.2, 0.25) is 0 Å². The fourth-order valence-corrected chi connectivity index (χ4v) is 1.40. The van der Waals surface area contributed by atoms with E-state index in [-0.39, 0.29) is 5.91 Å². The zero-order chi connectivity index (χ0) is 12.1. The lowest BCUT2D eigenvalue weighted by atomic mass is 10.1. The Morgan fingerprint density at radius 1 is 1.56 bits per heavy atom. The number of nitrogens with one attached hydrogen (secondary N) is 1. The molecule has 0 atom stereocenters. The molecule has 90 valence electrons. The highest BCUT2D eigenvalue weighted by atomic mass is 16.2. The van der Waals surface area contributed by atoms with Gasteiger partial charge in [0.05, 0.1) is 0 Å². The van der Waals surface area contributed by atoms with Crippen molar-refractivity contribution in [1.82, 2.24) is 15.1 Å². The molecule has 1 amide bonds. The van der Waals surface area contributed by atoms with Crippen molar-refractivity contribution >= 4 is 5.91 Å². The summed E-state index contributed by atoms with van der Waals surface area (Å²) in [4.78, 5) is 13.7. The van der Waals surface area contributed by atoms with Gasteiger partial charge in [-0.1, -0.05) is 20.8 Å². The molecule has 0 saturated heterocycles. The minimum Gasteiger partial charge on any atom is -0.340 e. The summed E-state index contributed by atoms with van der Waals surface area (Å²) >= 11 is 0. The Hall–Kier alpha value is -1.32. The van der Waals surface area contributed by atoms with Gasteiger partial charge >= 0.3 is 0 Å². The maximum atomic E-state index is 11.9. The molecule has 0 spiro atoms. The Morgan fingerprint density at radius 3 is 2.75 bits per heavy atom. The Bertz CT molecular complexity index is 344. The van der Waals surface area contributed by atoms with Gasteiger partial charge in [-0.3, -0.25) is 9.89 Å². The number of aromatic nitrogens is 2. The SMILES string of the molecule is CCc1cc(C(=O)N(C)CCC(C)C)n[nH]1. The summed E-state index contributed by atoms with van der Waals surface area (Å²) in [5, 5.41) is 6.88. The second kappa shape index (κ2) is 5.68. The first-order valence-corrected chi connectivity index (χ1v) is 5.84. The van der Waals surface area contributed by atoms with Crippen molar-refractivity contribution in [3.63, 3.8) is 0 Å². The van der Waals surface area contributed by atoms with Crippen LogP contribution in [0.15, 0.2) is 6.07 Å². The molecule has 1 heterocycles. The first-order valence-electron chi connectivity index (χ1n) is 5.84. The molecule has 1 rings (SSSR count). The number of H-pyrrole nitrogens is 1. The van der Waals surface area contributed by atoms with Crippen molar-refractivity contribution in [1.29, 1.82) is 0 Å². The quantitative estimate of drug-likeness (QED) is 0.831. The van der Waals surface area contributed by atoms with Crippen molar-refractivity contribution in [2.75, 3.05) is 13.6 Å². The molecule has 0 aliphatic heterocycles. The monoisotopic (exact) mass is 223 g/mol. The fourth-order valence-electron chi connectivity index (χ4n) is 1.40. The zero-order valence-corrected chi connectivity index (χ0v) is 10.6. The van der Waals surface area contributed by atoms with Gasteiger partial charge in [-0.2, -0.15) is 5.10 Å². The van der Waals surface area contributed by atoms with Crippen molar-refractivity contribution < 1.29 is 4.79 Å². The van der Waals surface area contributed by atoms with Crippen LogP contribution in [-0.2, 0) is 6.42 Å². The Morgan fingerprint density at radius 2 is 2.25 bits per heavy atom. The van der Waals surface area contributed by atoms with Crippen molar-refractivity contribution in [3.8, 4) is 0 Å². The molecule has 0 fully saturated rings. The first kappa shape index (κ1) is 12.7. The van der Waals surface area contributed by atoms with Crippen molar-refractivity contribution in [3.05, 3.63) is 17.5 Å². The van der Waals surface area contributed by atoms with Gasteiger partial charge in [-0.05, 0) is 24.8 Å². The predicted molar refractivity (Wildman–Crippen MR) is 64.4 cm³/mol. The van der Waals surface area contributed by atoms with Gasteiger partial charge in [-0.15, -0.1) is 0 Å². The lowest BCUT2D eigenvalue weighted by Gasteiger charge is -2.16. The number of amides is 1. The van der Waals surface area contributed by atoms with E-state index >= 15 is 0 Å². The van der Waals surface area contributed by atoms with Crippen LogP contribution in [0.25, 0.3) is 0 Å². The molecule has 0 bridgehead atoms. The van der Waals surface area contributed by atoms with Gasteiger partial charge in [0.2, 0.25) is 0 Å². The van der Waals surface area contributed by atoms with Crippen LogP contribution in [0, 0.1) is 5.92 Å². The summed E-state index contributed by atoms with van der Waals surface area (Å²) in [5.74, 6) is 0.609. The number of carbonyl (C=O) groups is 1. The number of hydrogen-bond donors (Lipinski definition) is 1. The second-order valence-electron chi connectivity index (χ2n) is 4.54. The molecule has 4 nitrogen and oxygen atoms in total. The molecule has 16 heavy (non-hydrogen) atoms. The topological polar surface area (TPSA) is 49.0 Å². The van der Waals surface area contributed by atoms with E-state index < -0.39 is 0 Å². The summed E-state index contributed by atoms with van der Waals surface area (Å²) in [6.45, 7) is 7.12. The molecular weight excluding hydrogens is 202 g/mol. The Labute approximate surface area is 97.0 Å². The van der Waals surface area contributed by atoms with E-state index in [1.165, 1.54) is 0 Å². The lowest BCUT2D eigenvalue weighted by Crippen LogP contribution is -2.28. The normalized spacial score (nSPS) is 10.8. The summed E-state index contributed by atoms with van der Waals surface area (Å²) in [5.41, 5.74) is 1.52. The van der Waals surface area contributed by atoms with Crippen LogP contribution in [0.5, 0.6) is 0 Å². The molecule has 1 aromatic heterocycles. The highest BCUT2D eigenvalue weighted by Crippen LogP contribution is 2.06.